The number of ketones is 1. The summed E-state index contributed by atoms with van der Waals surface area (Å²) in [7, 11) is 0. The Morgan fingerprint density at radius 1 is 0.778 bits per heavy atom. The normalized spacial score (nSPS) is 12.7. The van der Waals surface area contributed by atoms with E-state index in [4.69, 9.17) is 34.8 Å². The van der Waals surface area contributed by atoms with Crippen molar-refractivity contribution >= 4 is 58.3 Å². The SMILES string of the molecule is CC(C)[C@H](NC(=O)C(Cc1ccc(Cl)cc1)NC(=O)CCc1ccc(Cl)c(Cl)c1)C(=O)C(F)(F)C(=O)NCCc1ccccc1. The van der Waals surface area contributed by atoms with E-state index in [1.165, 1.54) is 13.8 Å². The number of carbonyl (C=O) groups is 4. The first-order valence-corrected chi connectivity index (χ1v) is 15.4. The summed E-state index contributed by atoms with van der Waals surface area (Å²) in [4.78, 5) is 51.8. The van der Waals surface area contributed by atoms with Crippen molar-refractivity contribution in [3.63, 3.8) is 0 Å². The third kappa shape index (κ3) is 10.8. The van der Waals surface area contributed by atoms with Gasteiger partial charge in [-0.15, -0.1) is 0 Å². The van der Waals surface area contributed by atoms with Crippen LogP contribution in [0.2, 0.25) is 15.1 Å². The van der Waals surface area contributed by atoms with Gasteiger partial charge in [-0.2, -0.15) is 8.78 Å². The fourth-order valence-corrected chi connectivity index (χ4v) is 4.90. The van der Waals surface area contributed by atoms with E-state index >= 15 is 8.78 Å². The monoisotopic (exact) mass is 679 g/mol. The third-order valence-corrected chi connectivity index (χ3v) is 8.00. The molecule has 3 aromatic carbocycles. The molecule has 0 saturated heterocycles. The smallest absolute Gasteiger partial charge is 0.350 e. The topological polar surface area (TPSA) is 104 Å². The number of alkyl halides is 2. The molecule has 45 heavy (non-hydrogen) atoms. The van der Waals surface area contributed by atoms with Crippen LogP contribution in [0.4, 0.5) is 8.78 Å². The highest BCUT2D eigenvalue weighted by Gasteiger charge is 2.51. The number of Topliss-reactive ketones (excluding diaryl/α,β-unsaturated/α-hetero) is 1. The summed E-state index contributed by atoms with van der Waals surface area (Å²) in [5, 5.41) is 8.28. The molecule has 3 N–H and O–H groups in total. The lowest BCUT2D eigenvalue weighted by Gasteiger charge is -2.27. The molecule has 0 bridgehead atoms. The molecular formula is C33H34Cl3F2N3O4. The summed E-state index contributed by atoms with van der Waals surface area (Å²) >= 11 is 18.0. The van der Waals surface area contributed by atoms with E-state index in [0.29, 0.717) is 27.1 Å². The molecule has 2 atom stereocenters. The molecule has 0 aliphatic rings. The fourth-order valence-electron chi connectivity index (χ4n) is 4.46. The van der Waals surface area contributed by atoms with Gasteiger partial charge in [0, 0.05) is 24.4 Å². The van der Waals surface area contributed by atoms with Crippen LogP contribution in [0, 0.1) is 5.92 Å². The molecule has 0 saturated carbocycles. The van der Waals surface area contributed by atoms with Crippen molar-refractivity contribution in [2.75, 3.05) is 6.54 Å². The predicted octanol–water partition coefficient (Wildman–Crippen LogP) is 6.01. The molecule has 240 valence electrons. The van der Waals surface area contributed by atoms with E-state index < -0.39 is 47.4 Å². The summed E-state index contributed by atoms with van der Waals surface area (Å²) < 4.78 is 30.2. The van der Waals surface area contributed by atoms with Crippen LogP contribution in [-0.4, -0.2) is 48.1 Å². The molecule has 3 amide bonds. The van der Waals surface area contributed by atoms with Gasteiger partial charge in [0.1, 0.15) is 6.04 Å². The number of hydrogen-bond donors (Lipinski definition) is 3. The van der Waals surface area contributed by atoms with Crippen LogP contribution in [0.25, 0.3) is 0 Å². The number of carbonyl (C=O) groups excluding carboxylic acids is 4. The van der Waals surface area contributed by atoms with Crippen molar-refractivity contribution in [3.8, 4) is 0 Å². The molecule has 12 heteroatoms. The summed E-state index contributed by atoms with van der Waals surface area (Å²) in [6.07, 6.45) is 0.544. The lowest BCUT2D eigenvalue weighted by molar-refractivity contribution is -0.161. The number of rotatable bonds is 15. The zero-order chi connectivity index (χ0) is 33.1. The minimum Gasteiger partial charge on any atom is -0.350 e. The van der Waals surface area contributed by atoms with Gasteiger partial charge in [0.05, 0.1) is 16.1 Å². The molecule has 3 aromatic rings. The van der Waals surface area contributed by atoms with Crippen LogP contribution in [-0.2, 0) is 38.4 Å². The molecule has 0 radical (unpaired) electrons. The van der Waals surface area contributed by atoms with Crippen LogP contribution >= 0.6 is 34.8 Å². The Hall–Kier alpha value is -3.53. The highest BCUT2D eigenvalue weighted by Crippen LogP contribution is 2.24. The molecular weight excluding hydrogens is 647 g/mol. The van der Waals surface area contributed by atoms with Crippen LogP contribution in [0.15, 0.2) is 72.8 Å². The van der Waals surface area contributed by atoms with Gasteiger partial charge in [0.25, 0.3) is 5.91 Å². The van der Waals surface area contributed by atoms with Crippen LogP contribution in [0.3, 0.4) is 0 Å². The minimum absolute atomic E-state index is 0.0170. The molecule has 7 nitrogen and oxygen atoms in total. The van der Waals surface area contributed by atoms with Crippen molar-refractivity contribution < 1.29 is 28.0 Å². The minimum atomic E-state index is -4.41. The van der Waals surface area contributed by atoms with Crippen molar-refractivity contribution in [2.45, 2.75) is 57.5 Å². The average molecular weight is 681 g/mol. The second-order valence-corrected chi connectivity index (χ2v) is 12.1. The summed E-state index contributed by atoms with van der Waals surface area (Å²) in [6, 6.07) is 17.5. The molecule has 3 rings (SSSR count). The van der Waals surface area contributed by atoms with Crippen molar-refractivity contribution in [2.24, 2.45) is 5.92 Å². The van der Waals surface area contributed by atoms with Crippen molar-refractivity contribution in [1.29, 1.82) is 0 Å². The lowest BCUT2D eigenvalue weighted by atomic mass is 9.94. The molecule has 0 aliphatic carbocycles. The maximum absolute atomic E-state index is 15.1. The number of nitrogens with one attached hydrogen (secondary N) is 3. The summed E-state index contributed by atoms with van der Waals surface area (Å²) in [5.41, 5.74) is 2.19. The van der Waals surface area contributed by atoms with Crippen LogP contribution in [0.5, 0.6) is 0 Å². The number of hydrogen-bond acceptors (Lipinski definition) is 4. The van der Waals surface area contributed by atoms with E-state index in [0.717, 1.165) is 11.1 Å². The maximum Gasteiger partial charge on any atom is 0.383 e. The number of aryl methyl sites for hydroxylation is 1. The number of benzene rings is 3. The largest absolute Gasteiger partial charge is 0.383 e. The standard InChI is InChI=1S/C33H34Cl3F2N3O4/c1-20(2)29(30(43)33(37,38)32(45)39-17-16-21-6-4-3-5-7-21)41-31(44)27(19-23-8-12-24(34)13-9-23)40-28(42)15-11-22-10-14-25(35)26(36)18-22/h3-10,12-14,18,20,27,29H,11,15-17,19H2,1-2H3,(H,39,45)(H,40,42)(H,41,44)/t27?,29-/m0/s1. The molecule has 0 heterocycles. The van der Waals surface area contributed by atoms with E-state index in [-0.39, 0.29) is 25.8 Å². The highest BCUT2D eigenvalue weighted by atomic mass is 35.5. The number of halogens is 5. The molecule has 0 spiro atoms. The van der Waals surface area contributed by atoms with Gasteiger partial charge >= 0.3 is 5.92 Å². The molecule has 0 aromatic heterocycles. The Labute approximate surface area is 276 Å². The zero-order valence-corrected chi connectivity index (χ0v) is 27.0. The fraction of sp³-hybridized carbons (Fsp3) is 0.333. The number of amides is 3. The first kappa shape index (κ1) is 35.9. The van der Waals surface area contributed by atoms with Gasteiger partial charge < -0.3 is 16.0 Å². The van der Waals surface area contributed by atoms with E-state index in [1.807, 2.05) is 0 Å². The maximum atomic E-state index is 15.1. The van der Waals surface area contributed by atoms with E-state index in [1.54, 1.807) is 72.8 Å². The van der Waals surface area contributed by atoms with E-state index in [2.05, 4.69) is 16.0 Å². The zero-order valence-electron chi connectivity index (χ0n) is 24.7. The Morgan fingerprint density at radius 2 is 1.42 bits per heavy atom. The van der Waals surface area contributed by atoms with Crippen LogP contribution in [0.1, 0.15) is 37.0 Å². The first-order chi connectivity index (χ1) is 21.3. The summed E-state index contributed by atoms with van der Waals surface area (Å²) in [6.45, 7) is 2.83. The van der Waals surface area contributed by atoms with Gasteiger partial charge in [0.15, 0.2) is 0 Å². The Morgan fingerprint density at radius 3 is 2.04 bits per heavy atom. The first-order valence-electron chi connectivity index (χ1n) is 14.3. The average Bonchev–Trinajstić information content (AvgIpc) is 3.01. The van der Waals surface area contributed by atoms with Gasteiger partial charge in [-0.1, -0.05) is 97.2 Å². The van der Waals surface area contributed by atoms with Gasteiger partial charge in [-0.05, 0) is 59.7 Å². The van der Waals surface area contributed by atoms with Crippen molar-refractivity contribution in [3.05, 3.63) is 105 Å². The summed E-state index contributed by atoms with van der Waals surface area (Å²) in [5.74, 6) is -10.1. The third-order valence-electron chi connectivity index (χ3n) is 7.01. The second-order valence-electron chi connectivity index (χ2n) is 10.9. The molecule has 0 fully saturated rings. The van der Waals surface area contributed by atoms with Crippen molar-refractivity contribution in [1.82, 2.24) is 16.0 Å². The van der Waals surface area contributed by atoms with Gasteiger partial charge in [-0.3, -0.25) is 19.2 Å². The molecule has 0 aliphatic heterocycles. The quantitative estimate of drug-likeness (QED) is 0.171. The van der Waals surface area contributed by atoms with Gasteiger partial charge in [0.2, 0.25) is 17.6 Å². The van der Waals surface area contributed by atoms with E-state index in [9.17, 15) is 19.2 Å². The van der Waals surface area contributed by atoms with Crippen LogP contribution < -0.4 is 16.0 Å². The second kappa shape index (κ2) is 16.7. The Bertz CT molecular complexity index is 1490. The highest BCUT2D eigenvalue weighted by molar-refractivity contribution is 6.42. The molecule has 1 unspecified atom stereocenters. The lowest BCUT2D eigenvalue weighted by Crippen LogP contribution is -2.59. The Balaban J connectivity index is 1.71. The Kier molecular flexibility index (Phi) is 13.3. The van der Waals surface area contributed by atoms with Gasteiger partial charge in [-0.25, -0.2) is 0 Å². The predicted molar refractivity (Wildman–Crippen MR) is 172 cm³/mol.